The zero-order valence-electron chi connectivity index (χ0n) is 11.7. The third kappa shape index (κ3) is 2.96. The van der Waals surface area contributed by atoms with Gasteiger partial charge in [-0.3, -0.25) is 14.8 Å². The Balaban J connectivity index is 1.63. The normalized spacial score (nSPS) is 29.1. The van der Waals surface area contributed by atoms with Crippen LogP contribution in [-0.2, 0) is 11.3 Å². The second kappa shape index (κ2) is 5.99. The molecule has 2 aliphatic heterocycles. The van der Waals surface area contributed by atoms with E-state index in [9.17, 15) is 0 Å². The van der Waals surface area contributed by atoms with Crippen LogP contribution in [0, 0.1) is 0 Å². The first kappa shape index (κ1) is 13.0. The molecule has 0 saturated carbocycles. The average molecular weight is 261 g/mol. The van der Waals surface area contributed by atoms with E-state index in [4.69, 9.17) is 4.74 Å². The van der Waals surface area contributed by atoms with Gasteiger partial charge in [0.1, 0.15) is 0 Å². The molecule has 2 atom stereocenters. The number of nitrogens with zero attached hydrogens (tertiary/aromatic N) is 3. The first-order valence-electron chi connectivity index (χ1n) is 7.34. The van der Waals surface area contributed by atoms with E-state index in [-0.39, 0.29) is 0 Å². The number of likely N-dealkylation sites (tertiary alicyclic amines) is 1. The monoisotopic (exact) mass is 261 g/mol. The van der Waals surface area contributed by atoms with E-state index in [0.717, 1.165) is 45.8 Å². The van der Waals surface area contributed by atoms with Crippen LogP contribution in [0.2, 0.25) is 0 Å². The first-order chi connectivity index (χ1) is 9.36. The van der Waals surface area contributed by atoms with Crippen LogP contribution in [0.25, 0.3) is 0 Å². The molecule has 104 valence electrons. The Hall–Kier alpha value is -0.970. The summed E-state index contributed by atoms with van der Waals surface area (Å²) in [5.74, 6) is 0. The van der Waals surface area contributed by atoms with Crippen LogP contribution in [0.4, 0.5) is 0 Å². The molecule has 2 fully saturated rings. The highest BCUT2D eigenvalue weighted by atomic mass is 16.5. The van der Waals surface area contributed by atoms with E-state index >= 15 is 0 Å². The topological polar surface area (TPSA) is 28.6 Å². The molecule has 0 aromatic carbocycles. The molecule has 1 aromatic heterocycles. The molecule has 0 spiro atoms. The molecule has 0 aliphatic carbocycles. The van der Waals surface area contributed by atoms with Gasteiger partial charge in [-0.25, -0.2) is 0 Å². The molecular weight excluding hydrogens is 238 g/mol. The van der Waals surface area contributed by atoms with Gasteiger partial charge < -0.3 is 4.74 Å². The maximum Gasteiger partial charge on any atom is 0.0755 e. The van der Waals surface area contributed by atoms with Crippen LogP contribution in [0.3, 0.4) is 0 Å². The minimum atomic E-state index is 0.439. The van der Waals surface area contributed by atoms with Crippen molar-refractivity contribution in [3.63, 3.8) is 0 Å². The number of aromatic nitrogens is 1. The van der Waals surface area contributed by atoms with Crippen molar-refractivity contribution in [3.8, 4) is 0 Å². The summed E-state index contributed by atoms with van der Waals surface area (Å²) in [5.41, 5.74) is 1.17. The third-order valence-corrected chi connectivity index (χ3v) is 4.30. The first-order valence-corrected chi connectivity index (χ1v) is 7.34. The van der Waals surface area contributed by atoms with Crippen LogP contribution in [0.1, 0.15) is 19.0 Å². The highest BCUT2D eigenvalue weighted by Gasteiger charge is 2.36. The van der Waals surface area contributed by atoms with Crippen LogP contribution in [-0.4, -0.2) is 59.7 Å². The Labute approximate surface area is 115 Å². The molecule has 4 nitrogen and oxygen atoms in total. The Morgan fingerprint density at radius 3 is 3.11 bits per heavy atom. The summed E-state index contributed by atoms with van der Waals surface area (Å²) in [7, 11) is 0. The van der Waals surface area contributed by atoms with Gasteiger partial charge in [0, 0.05) is 38.4 Å². The van der Waals surface area contributed by atoms with E-state index in [0.29, 0.717) is 12.1 Å². The van der Waals surface area contributed by atoms with Crippen LogP contribution >= 0.6 is 0 Å². The molecule has 2 aliphatic rings. The number of hydrogen-bond donors (Lipinski definition) is 0. The fraction of sp³-hybridized carbons (Fsp3) is 0.667. The van der Waals surface area contributed by atoms with Crippen molar-refractivity contribution in [2.45, 2.75) is 32.0 Å². The number of pyridine rings is 1. The second-order valence-corrected chi connectivity index (χ2v) is 5.45. The summed E-state index contributed by atoms with van der Waals surface area (Å²) in [4.78, 5) is 9.51. The van der Waals surface area contributed by atoms with Crippen molar-refractivity contribution in [1.82, 2.24) is 14.8 Å². The van der Waals surface area contributed by atoms with E-state index in [1.54, 1.807) is 0 Å². The lowest BCUT2D eigenvalue weighted by Crippen LogP contribution is -2.59. The van der Waals surface area contributed by atoms with Gasteiger partial charge in [0.25, 0.3) is 0 Å². The van der Waals surface area contributed by atoms with E-state index in [1.165, 1.54) is 5.69 Å². The minimum absolute atomic E-state index is 0.439. The van der Waals surface area contributed by atoms with Crippen LogP contribution in [0.5, 0.6) is 0 Å². The fourth-order valence-electron chi connectivity index (χ4n) is 3.26. The number of fused-ring (bicyclic) bond motifs is 1. The van der Waals surface area contributed by atoms with E-state index in [1.807, 2.05) is 12.3 Å². The lowest BCUT2D eigenvalue weighted by atomic mass is 9.98. The quantitative estimate of drug-likeness (QED) is 0.822. The molecule has 2 saturated heterocycles. The lowest BCUT2D eigenvalue weighted by Gasteiger charge is -2.46. The largest absolute Gasteiger partial charge is 0.375 e. The zero-order chi connectivity index (χ0) is 13.1. The van der Waals surface area contributed by atoms with Crippen molar-refractivity contribution in [3.05, 3.63) is 30.1 Å². The summed E-state index contributed by atoms with van der Waals surface area (Å²) in [5, 5.41) is 0. The maximum absolute atomic E-state index is 5.93. The van der Waals surface area contributed by atoms with Gasteiger partial charge in [-0.2, -0.15) is 0 Å². The smallest absolute Gasteiger partial charge is 0.0755 e. The molecule has 0 N–H and O–H groups in total. The molecule has 3 rings (SSSR count). The predicted octanol–water partition coefficient (Wildman–Crippen LogP) is 1.38. The molecule has 0 amide bonds. The van der Waals surface area contributed by atoms with Gasteiger partial charge in [-0.1, -0.05) is 13.0 Å². The van der Waals surface area contributed by atoms with Crippen molar-refractivity contribution >= 4 is 0 Å². The summed E-state index contributed by atoms with van der Waals surface area (Å²) >= 11 is 0. The molecule has 19 heavy (non-hydrogen) atoms. The maximum atomic E-state index is 5.93. The number of morpholine rings is 1. The number of ether oxygens (including phenoxy) is 1. The fourth-order valence-corrected chi connectivity index (χ4v) is 3.26. The molecule has 0 radical (unpaired) electrons. The second-order valence-electron chi connectivity index (χ2n) is 5.45. The SMILES string of the molecule is CCN1CCO[C@@H]2CCN(Cc3ccccn3)C[C@H]21. The molecule has 4 heteroatoms. The van der Waals surface area contributed by atoms with Crippen molar-refractivity contribution in [1.29, 1.82) is 0 Å². The third-order valence-electron chi connectivity index (χ3n) is 4.30. The highest BCUT2D eigenvalue weighted by Crippen LogP contribution is 2.23. The molecule has 0 unspecified atom stereocenters. The van der Waals surface area contributed by atoms with E-state index in [2.05, 4.69) is 33.8 Å². The number of piperidine rings is 1. The number of rotatable bonds is 3. The predicted molar refractivity (Wildman–Crippen MR) is 74.9 cm³/mol. The van der Waals surface area contributed by atoms with Gasteiger partial charge in [0.15, 0.2) is 0 Å². The van der Waals surface area contributed by atoms with Gasteiger partial charge in [-0.15, -0.1) is 0 Å². The van der Waals surface area contributed by atoms with Gasteiger partial charge >= 0.3 is 0 Å². The van der Waals surface area contributed by atoms with E-state index < -0.39 is 0 Å². The van der Waals surface area contributed by atoms with Crippen molar-refractivity contribution in [2.24, 2.45) is 0 Å². The Bertz CT molecular complexity index is 392. The Morgan fingerprint density at radius 2 is 2.32 bits per heavy atom. The van der Waals surface area contributed by atoms with Crippen molar-refractivity contribution in [2.75, 3.05) is 32.8 Å². The highest BCUT2D eigenvalue weighted by molar-refractivity contribution is 5.04. The van der Waals surface area contributed by atoms with Gasteiger partial charge in [0.2, 0.25) is 0 Å². The average Bonchev–Trinajstić information content (AvgIpc) is 2.47. The molecule has 0 bridgehead atoms. The summed E-state index contributed by atoms with van der Waals surface area (Å²) in [6.45, 7) is 8.54. The molecule has 1 aromatic rings. The zero-order valence-corrected chi connectivity index (χ0v) is 11.7. The van der Waals surface area contributed by atoms with Crippen LogP contribution in [0.15, 0.2) is 24.4 Å². The van der Waals surface area contributed by atoms with Crippen molar-refractivity contribution < 1.29 is 4.74 Å². The minimum Gasteiger partial charge on any atom is -0.375 e. The Morgan fingerprint density at radius 1 is 1.37 bits per heavy atom. The summed E-state index contributed by atoms with van der Waals surface area (Å²) in [6.07, 6.45) is 3.46. The van der Waals surface area contributed by atoms with Gasteiger partial charge in [0.05, 0.1) is 18.4 Å². The molecule has 3 heterocycles. The number of hydrogen-bond acceptors (Lipinski definition) is 4. The number of likely N-dealkylation sites (N-methyl/N-ethyl adjacent to an activating group) is 1. The van der Waals surface area contributed by atoms with Crippen LogP contribution < -0.4 is 0 Å². The summed E-state index contributed by atoms with van der Waals surface area (Å²) < 4.78 is 5.93. The molecular formula is C15H23N3O. The summed E-state index contributed by atoms with van der Waals surface area (Å²) in [6, 6.07) is 6.72. The Kier molecular flexibility index (Phi) is 4.11. The van der Waals surface area contributed by atoms with Gasteiger partial charge in [-0.05, 0) is 25.1 Å². The lowest BCUT2D eigenvalue weighted by molar-refractivity contribution is -0.102. The standard InChI is InChI=1S/C15H23N3O/c1-2-18-9-10-19-15-6-8-17(12-14(15)18)11-13-5-3-4-7-16-13/h3-5,7,14-15H,2,6,8-12H2,1H3/t14-,15-/m1/s1.